The van der Waals surface area contributed by atoms with Gasteiger partial charge in [0.1, 0.15) is 5.82 Å². The van der Waals surface area contributed by atoms with E-state index in [1.165, 1.54) is 12.4 Å². The van der Waals surface area contributed by atoms with E-state index in [0.29, 0.717) is 22.4 Å². The van der Waals surface area contributed by atoms with Crippen molar-refractivity contribution in [2.24, 2.45) is 0 Å². The molecule has 1 aliphatic heterocycles. The molecule has 1 aromatic carbocycles. The third kappa shape index (κ3) is 3.17. The van der Waals surface area contributed by atoms with Crippen molar-refractivity contribution >= 4 is 34.2 Å². The first-order chi connectivity index (χ1) is 13.6. The van der Waals surface area contributed by atoms with Crippen LogP contribution in [0, 0.1) is 0 Å². The fraction of sp³-hybridized carbons (Fsp3) is 0.300. The van der Waals surface area contributed by atoms with Gasteiger partial charge in [-0.15, -0.1) is 0 Å². The second-order valence-electron chi connectivity index (χ2n) is 7.09. The highest BCUT2D eigenvalue weighted by molar-refractivity contribution is 6.40. The number of pyridine rings is 1. The smallest absolute Gasteiger partial charge is 0.314 e. The Morgan fingerprint density at radius 3 is 2.79 bits per heavy atom. The molecule has 4 rings (SSSR count). The predicted molar refractivity (Wildman–Crippen MR) is 106 cm³/mol. The summed E-state index contributed by atoms with van der Waals surface area (Å²) >= 11 is 0. The molecule has 8 heteroatoms. The van der Waals surface area contributed by atoms with Gasteiger partial charge >= 0.3 is 11.8 Å². The lowest BCUT2D eigenvalue weighted by atomic mass is 9.91. The standard InChI is InChI=1S/C20H22N6O2/c1-12-6-5-9-16(13-7-3-2-4-8-13)26(12)20(28)19(27)24-15-11-22-18(21)14-10-23-25-17(14)15/h2-4,7-8,10-12,16H,5-6,9H2,1H3,(H2,21,22)(H,23,25)(H,24,27)/t12-,16-/m1/s1. The van der Waals surface area contributed by atoms with Crippen LogP contribution in [0.1, 0.15) is 37.8 Å². The molecule has 2 atom stereocenters. The minimum atomic E-state index is -0.697. The number of fused-ring (bicyclic) bond motifs is 1. The molecule has 0 unspecified atom stereocenters. The van der Waals surface area contributed by atoms with Crippen LogP contribution >= 0.6 is 0 Å². The van der Waals surface area contributed by atoms with Gasteiger partial charge in [-0.25, -0.2) is 4.98 Å². The van der Waals surface area contributed by atoms with Crippen LogP contribution in [0.25, 0.3) is 10.9 Å². The maximum Gasteiger partial charge on any atom is 0.314 e. The average Bonchev–Trinajstić information content (AvgIpc) is 3.21. The molecule has 4 N–H and O–H groups in total. The fourth-order valence-electron chi connectivity index (χ4n) is 3.88. The van der Waals surface area contributed by atoms with Crippen molar-refractivity contribution in [1.29, 1.82) is 0 Å². The number of hydrogen-bond acceptors (Lipinski definition) is 5. The Morgan fingerprint density at radius 2 is 2.00 bits per heavy atom. The van der Waals surface area contributed by atoms with E-state index in [-0.39, 0.29) is 12.1 Å². The van der Waals surface area contributed by atoms with Gasteiger partial charge in [0, 0.05) is 6.04 Å². The summed E-state index contributed by atoms with van der Waals surface area (Å²) in [7, 11) is 0. The van der Waals surface area contributed by atoms with Crippen molar-refractivity contribution in [3.05, 3.63) is 48.3 Å². The molecule has 8 nitrogen and oxygen atoms in total. The number of amides is 2. The quantitative estimate of drug-likeness (QED) is 0.593. The zero-order valence-electron chi connectivity index (χ0n) is 15.6. The number of benzene rings is 1. The van der Waals surface area contributed by atoms with Crippen molar-refractivity contribution < 1.29 is 9.59 Å². The highest BCUT2D eigenvalue weighted by Crippen LogP contribution is 2.34. The van der Waals surface area contributed by atoms with Gasteiger partial charge < -0.3 is 16.0 Å². The molecule has 0 saturated carbocycles. The summed E-state index contributed by atoms with van der Waals surface area (Å²) in [4.78, 5) is 31.6. The first kappa shape index (κ1) is 18.0. The van der Waals surface area contributed by atoms with Crippen molar-refractivity contribution in [2.75, 3.05) is 11.1 Å². The van der Waals surface area contributed by atoms with Crippen LogP contribution in [0.5, 0.6) is 0 Å². The maximum atomic E-state index is 13.1. The number of nitrogens with one attached hydrogen (secondary N) is 2. The number of aromatic nitrogens is 3. The Hall–Kier alpha value is -3.42. The Morgan fingerprint density at radius 1 is 1.21 bits per heavy atom. The monoisotopic (exact) mass is 378 g/mol. The van der Waals surface area contributed by atoms with Gasteiger partial charge in [-0.1, -0.05) is 30.3 Å². The van der Waals surface area contributed by atoms with E-state index in [4.69, 9.17) is 5.73 Å². The number of nitrogens with two attached hydrogens (primary N) is 1. The third-order valence-corrected chi connectivity index (χ3v) is 5.29. The van der Waals surface area contributed by atoms with E-state index in [2.05, 4.69) is 20.5 Å². The highest BCUT2D eigenvalue weighted by atomic mass is 16.2. The Balaban J connectivity index is 1.60. The summed E-state index contributed by atoms with van der Waals surface area (Å²) in [5, 5.41) is 9.99. The summed E-state index contributed by atoms with van der Waals surface area (Å²) in [5.41, 5.74) is 7.78. The van der Waals surface area contributed by atoms with E-state index < -0.39 is 11.8 Å². The van der Waals surface area contributed by atoms with E-state index in [1.54, 1.807) is 4.90 Å². The summed E-state index contributed by atoms with van der Waals surface area (Å²) in [6.07, 6.45) is 5.68. The lowest BCUT2D eigenvalue weighted by Gasteiger charge is -2.40. The van der Waals surface area contributed by atoms with Crippen molar-refractivity contribution in [2.45, 2.75) is 38.3 Å². The molecule has 1 saturated heterocycles. The molecular formula is C20H22N6O2. The van der Waals surface area contributed by atoms with Crippen LogP contribution in [0.15, 0.2) is 42.7 Å². The molecule has 144 valence electrons. The SMILES string of the molecule is C[C@@H]1CCC[C@H](c2ccccc2)N1C(=O)C(=O)Nc1cnc(N)c2cn[nH]c12. The number of H-pyrrole nitrogens is 1. The Labute approximate surface area is 162 Å². The zero-order valence-corrected chi connectivity index (χ0v) is 15.6. The maximum absolute atomic E-state index is 13.1. The molecule has 1 fully saturated rings. The van der Waals surface area contributed by atoms with Gasteiger partial charge in [0.25, 0.3) is 0 Å². The first-order valence-electron chi connectivity index (χ1n) is 9.32. The van der Waals surface area contributed by atoms with Crippen LogP contribution in [0.4, 0.5) is 11.5 Å². The molecule has 3 aromatic rings. The van der Waals surface area contributed by atoms with Crippen molar-refractivity contribution in [1.82, 2.24) is 20.1 Å². The number of rotatable bonds is 2. The van der Waals surface area contributed by atoms with E-state index in [0.717, 1.165) is 24.8 Å². The van der Waals surface area contributed by atoms with Crippen LogP contribution in [-0.4, -0.2) is 37.9 Å². The number of anilines is 2. The number of carbonyl (C=O) groups is 2. The van der Waals surface area contributed by atoms with Gasteiger partial charge in [-0.2, -0.15) is 5.10 Å². The summed E-state index contributed by atoms with van der Waals surface area (Å²) < 4.78 is 0. The van der Waals surface area contributed by atoms with Gasteiger partial charge in [0.2, 0.25) is 0 Å². The van der Waals surface area contributed by atoms with Crippen molar-refractivity contribution in [3.8, 4) is 0 Å². The molecule has 2 amide bonds. The fourth-order valence-corrected chi connectivity index (χ4v) is 3.88. The van der Waals surface area contributed by atoms with Crippen LogP contribution in [0.3, 0.4) is 0 Å². The van der Waals surface area contributed by atoms with Crippen LogP contribution in [0.2, 0.25) is 0 Å². The Kier molecular flexibility index (Phi) is 4.68. The van der Waals surface area contributed by atoms with Crippen LogP contribution in [-0.2, 0) is 9.59 Å². The molecule has 0 radical (unpaired) electrons. The lowest BCUT2D eigenvalue weighted by molar-refractivity contribution is -0.148. The van der Waals surface area contributed by atoms with Gasteiger partial charge in [0.15, 0.2) is 0 Å². The minimum absolute atomic E-state index is 0.0195. The number of nitrogens with zero attached hydrogens (tertiary/aromatic N) is 3. The molecule has 3 heterocycles. The lowest BCUT2D eigenvalue weighted by Crippen LogP contribution is -2.48. The second kappa shape index (κ2) is 7.30. The number of likely N-dealkylation sites (tertiary alicyclic amines) is 1. The Bertz CT molecular complexity index is 1020. The second-order valence-corrected chi connectivity index (χ2v) is 7.09. The number of carbonyl (C=O) groups excluding carboxylic acids is 2. The van der Waals surface area contributed by atoms with Crippen molar-refractivity contribution in [3.63, 3.8) is 0 Å². The largest absolute Gasteiger partial charge is 0.383 e. The minimum Gasteiger partial charge on any atom is -0.383 e. The number of aromatic amines is 1. The topological polar surface area (TPSA) is 117 Å². The first-order valence-corrected chi connectivity index (χ1v) is 9.32. The van der Waals surface area contributed by atoms with E-state index in [1.807, 2.05) is 37.3 Å². The predicted octanol–water partition coefficient (Wildman–Crippen LogP) is 2.62. The zero-order chi connectivity index (χ0) is 19.7. The normalized spacial score (nSPS) is 19.5. The molecule has 0 spiro atoms. The average molecular weight is 378 g/mol. The molecule has 1 aliphatic rings. The molecule has 0 aliphatic carbocycles. The number of nitrogen functional groups attached to an aromatic ring is 1. The molecule has 28 heavy (non-hydrogen) atoms. The molecular weight excluding hydrogens is 356 g/mol. The van der Waals surface area contributed by atoms with Crippen LogP contribution < -0.4 is 11.1 Å². The van der Waals surface area contributed by atoms with Gasteiger partial charge in [-0.3, -0.25) is 14.7 Å². The summed E-state index contributed by atoms with van der Waals surface area (Å²) in [5.74, 6) is -0.940. The summed E-state index contributed by atoms with van der Waals surface area (Å²) in [6.45, 7) is 1.98. The summed E-state index contributed by atoms with van der Waals surface area (Å²) in [6, 6.07) is 9.71. The van der Waals surface area contributed by atoms with Gasteiger partial charge in [0.05, 0.1) is 35.0 Å². The van der Waals surface area contributed by atoms with E-state index >= 15 is 0 Å². The highest BCUT2D eigenvalue weighted by Gasteiger charge is 2.36. The number of piperidine rings is 1. The van der Waals surface area contributed by atoms with E-state index in [9.17, 15) is 9.59 Å². The third-order valence-electron chi connectivity index (χ3n) is 5.29. The molecule has 2 aromatic heterocycles. The number of hydrogen-bond donors (Lipinski definition) is 3. The molecule has 0 bridgehead atoms. The van der Waals surface area contributed by atoms with Gasteiger partial charge in [-0.05, 0) is 31.7 Å².